The number of aryl methyl sites for hydroxylation is 1. The molecule has 1 aliphatic carbocycles. The Morgan fingerprint density at radius 3 is 2.37 bits per heavy atom. The van der Waals surface area contributed by atoms with Crippen LogP contribution in [0.1, 0.15) is 22.9 Å². The Balaban J connectivity index is 1.75. The van der Waals surface area contributed by atoms with Crippen molar-refractivity contribution in [2.24, 2.45) is 7.05 Å². The molecule has 5 rings (SSSR count). The fourth-order valence-corrected chi connectivity index (χ4v) is 3.93. The number of imidazole rings is 1. The first-order valence-corrected chi connectivity index (χ1v) is 8.88. The van der Waals surface area contributed by atoms with E-state index in [2.05, 4.69) is 17.1 Å². The molecule has 0 saturated heterocycles. The first-order chi connectivity index (χ1) is 13.1. The zero-order valence-electron chi connectivity index (χ0n) is 14.8. The van der Waals surface area contributed by atoms with Gasteiger partial charge in [0.2, 0.25) is 0 Å². The Morgan fingerprint density at radius 1 is 1.04 bits per heavy atom. The largest absolute Gasteiger partial charge is 0.318 e. The lowest BCUT2D eigenvalue weighted by Gasteiger charge is -2.17. The van der Waals surface area contributed by atoms with Gasteiger partial charge in [-0.25, -0.2) is 14.4 Å². The molecule has 2 aromatic heterocycles. The Hall–Kier alpha value is -3.28. The van der Waals surface area contributed by atoms with Gasteiger partial charge in [0.15, 0.2) is 11.2 Å². The summed E-state index contributed by atoms with van der Waals surface area (Å²) in [6.07, 6.45) is 3.25. The normalized spacial score (nSPS) is 14.0. The first-order valence-electron chi connectivity index (χ1n) is 8.88. The van der Waals surface area contributed by atoms with Gasteiger partial charge in [-0.05, 0) is 48.2 Å². The minimum atomic E-state index is -0.339. The molecule has 0 radical (unpaired) electrons. The maximum absolute atomic E-state index is 13.4. The molecule has 0 unspecified atom stereocenters. The fraction of sp³-hybridized carbons (Fsp3) is 0.190. The van der Waals surface area contributed by atoms with E-state index in [1.165, 1.54) is 23.3 Å². The molecule has 0 N–H and O–H groups in total. The van der Waals surface area contributed by atoms with Gasteiger partial charge in [0.1, 0.15) is 11.6 Å². The average molecular weight is 360 g/mol. The third-order valence-corrected chi connectivity index (χ3v) is 5.26. The minimum Gasteiger partial charge on any atom is -0.318 e. The lowest BCUT2D eigenvalue weighted by Crippen LogP contribution is -2.26. The highest BCUT2D eigenvalue weighted by molar-refractivity contribution is 5.70. The Bertz CT molecular complexity index is 1200. The number of aromatic nitrogens is 4. The van der Waals surface area contributed by atoms with Crippen LogP contribution in [0.5, 0.6) is 0 Å². The molecule has 0 amide bonds. The number of hydrogen-bond donors (Lipinski definition) is 0. The van der Waals surface area contributed by atoms with Crippen LogP contribution in [0.3, 0.4) is 0 Å². The van der Waals surface area contributed by atoms with Crippen molar-refractivity contribution in [3.63, 3.8) is 0 Å². The van der Waals surface area contributed by atoms with Gasteiger partial charge in [-0.2, -0.15) is 0 Å². The van der Waals surface area contributed by atoms with E-state index in [-0.39, 0.29) is 17.3 Å². The third kappa shape index (κ3) is 2.48. The Morgan fingerprint density at radius 2 is 1.70 bits per heavy atom. The number of rotatable bonds is 2. The second-order valence-electron chi connectivity index (χ2n) is 6.99. The van der Waals surface area contributed by atoms with E-state index in [4.69, 9.17) is 4.98 Å². The molecule has 1 aliphatic rings. The van der Waals surface area contributed by atoms with Crippen LogP contribution in [-0.2, 0) is 19.9 Å². The van der Waals surface area contributed by atoms with E-state index in [9.17, 15) is 9.18 Å². The number of hydrogen-bond acceptors (Lipinski definition) is 3. The molecule has 27 heavy (non-hydrogen) atoms. The summed E-state index contributed by atoms with van der Waals surface area (Å²) < 4.78 is 16.8. The van der Waals surface area contributed by atoms with Gasteiger partial charge in [-0.3, -0.25) is 9.36 Å². The molecule has 0 aliphatic heterocycles. The van der Waals surface area contributed by atoms with Crippen molar-refractivity contribution in [2.45, 2.75) is 18.8 Å². The molecule has 2 aromatic carbocycles. The maximum atomic E-state index is 13.4. The smallest absolute Gasteiger partial charge is 0.286 e. The summed E-state index contributed by atoms with van der Waals surface area (Å²) in [5.74, 6) is 0.437. The van der Waals surface area contributed by atoms with Gasteiger partial charge >= 0.3 is 0 Å². The van der Waals surface area contributed by atoms with Crippen molar-refractivity contribution >= 4 is 11.2 Å². The van der Waals surface area contributed by atoms with Gasteiger partial charge in [0.05, 0.1) is 12.0 Å². The van der Waals surface area contributed by atoms with E-state index in [1.54, 1.807) is 27.6 Å². The van der Waals surface area contributed by atoms with Crippen molar-refractivity contribution < 1.29 is 4.39 Å². The Labute approximate surface area is 154 Å². The van der Waals surface area contributed by atoms with Crippen LogP contribution < -0.4 is 5.56 Å². The number of nitrogens with zero attached hydrogens (tertiary/aromatic N) is 4. The van der Waals surface area contributed by atoms with Crippen LogP contribution >= 0.6 is 0 Å². The number of halogens is 1. The van der Waals surface area contributed by atoms with Crippen LogP contribution in [0, 0.1) is 5.82 Å². The molecule has 0 spiro atoms. The van der Waals surface area contributed by atoms with Crippen molar-refractivity contribution in [1.82, 2.24) is 19.1 Å². The molecule has 134 valence electrons. The lowest BCUT2D eigenvalue weighted by molar-refractivity contribution is 0.624. The molecule has 0 fully saturated rings. The summed E-state index contributed by atoms with van der Waals surface area (Å²) in [6, 6.07) is 14.3. The molecule has 6 heteroatoms. The first kappa shape index (κ1) is 15.9. The number of fused-ring (bicyclic) bond motifs is 2. The predicted octanol–water partition coefficient (Wildman–Crippen LogP) is 3.14. The van der Waals surface area contributed by atoms with Crippen LogP contribution in [0.15, 0.2) is 59.7 Å². The molecule has 0 saturated carbocycles. The highest BCUT2D eigenvalue weighted by Gasteiger charge is 2.28. The second kappa shape index (κ2) is 5.87. The maximum Gasteiger partial charge on any atom is 0.286 e. The van der Waals surface area contributed by atoms with E-state index >= 15 is 0 Å². The van der Waals surface area contributed by atoms with E-state index in [0.717, 1.165) is 12.8 Å². The van der Waals surface area contributed by atoms with Crippen LogP contribution in [0.4, 0.5) is 4.39 Å². The minimum absolute atomic E-state index is 0.0828. The van der Waals surface area contributed by atoms with Gasteiger partial charge in [-0.1, -0.05) is 24.3 Å². The summed E-state index contributed by atoms with van der Waals surface area (Å²) in [4.78, 5) is 22.3. The summed E-state index contributed by atoms with van der Waals surface area (Å²) in [6.45, 7) is 0. The Kier molecular flexibility index (Phi) is 3.47. The highest BCUT2D eigenvalue weighted by atomic mass is 19.1. The monoisotopic (exact) mass is 360 g/mol. The zero-order valence-corrected chi connectivity index (χ0v) is 14.8. The number of benzene rings is 2. The molecule has 2 heterocycles. The summed E-state index contributed by atoms with van der Waals surface area (Å²) in [5, 5.41) is 0. The quantitative estimate of drug-likeness (QED) is 0.552. The molecular weight excluding hydrogens is 343 g/mol. The van der Waals surface area contributed by atoms with Crippen molar-refractivity contribution in [1.29, 1.82) is 0 Å². The predicted molar refractivity (Wildman–Crippen MR) is 101 cm³/mol. The van der Waals surface area contributed by atoms with Gasteiger partial charge in [-0.15, -0.1) is 0 Å². The average Bonchev–Trinajstić information content (AvgIpc) is 3.26. The zero-order chi connectivity index (χ0) is 18.5. The van der Waals surface area contributed by atoms with E-state index < -0.39 is 0 Å². The highest BCUT2D eigenvalue weighted by Crippen LogP contribution is 2.33. The third-order valence-electron chi connectivity index (χ3n) is 5.26. The van der Waals surface area contributed by atoms with E-state index in [1.807, 2.05) is 19.2 Å². The standard InChI is InChI=1S/C21H17FN4O/c1-25-12-23-18-20(25)24-19(15-10-13-4-2-3-5-14(13)11-15)26(21(18)27)17-8-6-16(22)7-9-17/h2-9,12,15H,10-11H2,1H3. The molecular formula is C21H17FN4O. The molecule has 0 bridgehead atoms. The van der Waals surface area contributed by atoms with Crippen molar-refractivity contribution in [3.05, 3.63) is 88.0 Å². The fourth-order valence-electron chi connectivity index (χ4n) is 3.93. The van der Waals surface area contributed by atoms with Crippen molar-refractivity contribution in [2.75, 3.05) is 0 Å². The van der Waals surface area contributed by atoms with Crippen LogP contribution in [0.2, 0.25) is 0 Å². The van der Waals surface area contributed by atoms with Gasteiger partial charge in [0.25, 0.3) is 5.56 Å². The molecule has 4 aromatic rings. The van der Waals surface area contributed by atoms with Gasteiger partial charge in [0, 0.05) is 13.0 Å². The topological polar surface area (TPSA) is 52.7 Å². The summed E-state index contributed by atoms with van der Waals surface area (Å²) in [7, 11) is 1.83. The van der Waals surface area contributed by atoms with E-state index in [0.29, 0.717) is 22.7 Å². The van der Waals surface area contributed by atoms with Crippen LogP contribution in [-0.4, -0.2) is 19.1 Å². The lowest BCUT2D eigenvalue weighted by atomic mass is 10.0. The SMILES string of the molecule is Cn1cnc2c(=O)n(-c3ccc(F)cc3)c(C3Cc4ccccc4C3)nc21. The summed E-state index contributed by atoms with van der Waals surface area (Å²) in [5.41, 5.74) is 3.84. The van der Waals surface area contributed by atoms with Crippen molar-refractivity contribution in [3.8, 4) is 5.69 Å². The van der Waals surface area contributed by atoms with Crippen LogP contribution in [0.25, 0.3) is 16.9 Å². The molecule has 5 nitrogen and oxygen atoms in total. The van der Waals surface area contributed by atoms with Gasteiger partial charge < -0.3 is 4.57 Å². The second-order valence-corrected chi connectivity index (χ2v) is 6.99. The summed E-state index contributed by atoms with van der Waals surface area (Å²) >= 11 is 0. The molecule has 0 atom stereocenters.